The first-order valence-corrected chi connectivity index (χ1v) is 7.46. The van der Waals surface area contributed by atoms with Crippen LogP contribution in [0.3, 0.4) is 0 Å². The number of methoxy groups -OCH3 is 2. The number of ether oxygens (including phenoxy) is 3. The van der Waals surface area contributed by atoms with Crippen LogP contribution in [0.2, 0.25) is 0 Å². The summed E-state index contributed by atoms with van der Waals surface area (Å²) in [5.41, 5.74) is 0.971. The van der Waals surface area contributed by atoms with E-state index in [1.165, 1.54) is 0 Å². The topological polar surface area (TPSA) is 68.8 Å². The molecule has 23 heavy (non-hydrogen) atoms. The summed E-state index contributed by atoms with van der Waals surface area (Å²) in [6, 6.07) is 5.64. The van der Waals surface area contributed by atoms with Gasteiger partial charge in [-0.15, -0.1) is 12.4 Å². The van der Waals surface area contributed by atoms with Crippen LogP contribution in [0.4, 0.5) is 0 Å². The van der Waals surface area contributed by atoms with Gasteiger partial charge >= 0.3 is 0 Å². The van der Waals surface area contributed by atoms with Gasteiger partial charge < -0.3 is 24.8 Å². The second-order valence-corrected chi connectivity index (χ2v) is 5.33. The molecule has 1 amide bonds. The molecule has 0 bridgehead atoms. The molecule has 1 aromatic rings. The number of benzene rings is 1. The van der Waals surface area contributed by atoms with Gasteiger partial charge in [0.15, 0.2) is 11.5 Å². The third-order valence-corrected chi connectivity index (χ3v) is 3.72. The number of amides is 1. The van der Waals surface area contributed by atoms with E-state index in [1.807, 2.05) is 25.1 Å². The van der Waals surface area contributed by atoms with E-state index in [4.69, 9.17) is 14.2 Å². The summed E-state index contributed by atoms with van der Waals surface area (Å²) in [6.07, 6.45) is 0.414. The lowest BCUT2D eigenvalue weighted by molar-refractivity contribution is -0.122. The quantitative estimate of drug-likeness (QED) is 0.821. The fourth-order valence-electron chi connectivity index (χ4n) is 2.48. The molecule has 1 saturated heterocycles. The average Bonchev–Trinajstić information content (AvgIpc) is 2.54. The molecule has 1 aliphatic heterocycles. The molecule has 7 heteroatoms. The molecule has 0 spiro atoms. The molecule has 0 saturated carbocycles. The van der Waals surface area contributed by atoms with E-state index in [0.717, 1.165) is 12.1 Å². The highest BCUT2D eigenvalue weighted by Gasteiger charge is 2.19. The van der Waals surface area contributed by atoms with E-state index < -0.39 is 0 Å². The first kappa shape index (κ1) is 19.5. The Balaban J connectivity index is 0.00000264. The highest BCUT2D eigenvalue weighted by molar-refractivity contribution is 5.85. The minimum Gasteiger partial charge on any atom is -0.493 e. The van der Waals surface area contributed by atoms with Crippen LogP contribution < -0.4 is 20.1 Å². The van der Waals surface area contributed by atoms with Crippen molar-refractivity contribution in [1.29, 1.82) is 0 Å². The molecule has 0 radical (unpaired) electrons. The van der Waals surface area contributed by atoms with Gasteiger partial charge in [0.1, 0.15) is 0 Å². The molecule has 1 fully saturated rings. The van der Waals surface area contributed by atoms with Gasteiger partial charge in [-0.2, -0.15) is 0 Å². The van der Waals surface area contributed by atoms with Crippen molar-refractivity contribution in [3.8, 4) is 11.5 Å². The number of hydrogen-bond acceptors (Lipinski definition) is 5. The summed E-state index contributed by atoms with van der Waals surface area (Å²) in [5.74, 6) is 1.34. The fraction of sp³-hybridized carbons (Fsp3) is 0.562. The third-order valence-electron chi connectivity index (χ3n) is 3.72. The van der Waals surface area contributed by atoms with E-state index in [-0.39, 0.29) is 30.4 Å². The lowest BCUT2D eigenvalue weighted by atomic mass is 10.1. The van der Waals surface area contributed by atoms with E-state index in [2.05, 4.69) is 10.6 Å². The van der Waals surface area contributed by atoms with Crippen molar-refractivity contribution in [2.75, 3.05) is 34.0 Å². The van der Waals surface area contributed by atoms with Crippen LogP contribution in [0, 0.1) is 0 Å². The molecule has 2 atom stereocenters. The van der Waals surface area contributed by atoms with E-state index in [1.54, 1.807) is 14.2 Å². The van der Waals surface area contributed by atoms with Crippen molar-refractivity contribution >= 4 is 18.3 Å². The Morgan fingerprint density at radius 2 is 2.13 bits per heavy atom. The molecule has 2 rings (SSSR count). The fourth-order valence-corrected chi connectivity index (χ4v) is 2.48. The van der Waals surface area contributed by atoms with Crippen LogP contribution in [-0.4, -0.2) is 45.9 Å². The summed E-state index contributed by atoms with van der Waals surface area (Å²) in [7, 11) is 3.20. The Kier molecular flexibility index (Phi) is 8.16. The van der Waals surface area contributed by atoms with Gasteiger partial charge in [-0.05, 0) is 24.6 Å². The van der Waals surface area contributed by atoms with Gasteiger partial charge in [-0.3, -0.25) is 4.79 Å². The van der Waals surface area contributed by atoms with Gasteiger partial charge in [0, 0.05) is 19.0 Å². The highest BCUT2D eigenvalue weighted by Crippen LogP contribution is 2.29. The predicted molar refractivity (Wildman–Crippen MR) is 90.6 cm³/mol. The smallest absolute Gasteiger partial charge is 0.222 e. The van der Waals surface area contributed by atoms with E-state index >= 15 is 0 Å². The van der Waals surface area contributed by atoms with Gasteiger partial charge in [-0.1, -0.05) is 6.07 Å². The zero-order valence-corrected chi connectivity index (χ0v) is 14.6. The SMILES string of the molecule is COc1ccc(C(C)NC(=O)CC2COCCN2)cc1OC.Cl. The lowest BCUT2D eigenvalue weighted by Crippen LogP contribution is -2.44. The zero-order valence-electron chi connectivity index (χ0n) is 13.8. The lowest BCUT2D eigenvalue weighted by Gasteiger charge is -2.24. The minimum atomic E-state index is -0.100. The maximum Gasteiger partial charge on any atom is 0.222 e. The summed E-state index contributed by atoms with van der Waals surface area (Å²) >= 11 is 0. The van der Waals surface area contributed by atoms with Gasteiger partial charge in [-0.25, -0.2) is 0 Å². The van der Waals surface area contributed by atoms with Crippen molar-refractivity contribution in [3.63, 3.8) is 0 Å². The second-order valence-electron chi connectivity index (χ2n) is 5.33. The van der Waals surface area contributed by atoms with E-state index in [9.17, 15) is 4.79 Å². The van der Waals surface area contributed by atoms with Crippen molar-refractivity contribution < 1.29 is 19.0 Å². The Morgan fingerprint density at radius 3 is 2.74 bits per heavy atom. The van der Waals surface area contributed by atoms with Gasteiger partial charge in [0.2, 0.25) is 5.91 Å². The van der Waals surface area contributed by atoms with Crippen molar-refractivity contribution in [2.24, 2.45) is 0 Å². The molecule has 0 aromatic heterocycles. The Hall–Kier alpha value is -1.50. The van der Waals surface area contributed by atoms with Crippen LogP contribution in [0.15, 0.2) is 18.2 Å². The molecule has 0 aliphatic carbocycles. The third kappa shape index (κ3) is 5.57. The molecule has 1 aromatic carbocycles. The number of rotatable bonds is 6. The second kappa shape index (κ2) is 9.60. The molecule has 6 nitrogen and oxygen atoms in total. The van der Waals surface area contributed by atoms with Crippen LogP contribution in [0.1, 0.15) is 24.9 Å². The Labute approximate surface area is 143 Å². The van der Waals surface area contributed by atoms with Crippen LogP contribution in [-0.2, 0) is 9.53 Å². The molecular weight excluding hydrogens is 320 g/mol. The largest absolute Gasteiger partial charge is 0.493 e. The van der Waals surface area contributed by atoms with E-state index in [0.29, 0.717) is 31.1 Å². The highest BCUT2D eigenvalue weighted by atomic mass is 35.5. The number of morpholine rings is 1. The monoisotopic (exact) mass is 344 g/mol. The Bertz CT molecular complexity index is 507. The molecule has 2 N–H and O–H groups in total. The van der Waals surface area contributed by atoms with Crippen molar-refractivity contribution in [1.82, 2.24) is 10.6 Å². The summed E-state index contributed by atoms with van der Waals surface area (Å²) in [4.78, 5) is 12.1. The predicted octanol–water partition coefficient (Wildman–Crippen LogP) is 1.68. The standard InChI is InChI=1S/C16H24N2O4.ClH/c1-11(12-4-5-14(20-2)15(8-12)21-3)18-16(19)9-13-10-22-7-6-17-13;/h4-5,8,11,13,17H,6-7,9-10H2,1-3H3,(H,18,19);1H. The molecule has 130 valence electrons. The summed E-state index contributed by atoms with van der Waals surface area (Å²) in [6.45, 7) is 4.03. The molecule has 1 aliphatic rings. The maximum absolute atomic E-state index is 12.1. The summed E-state index contributed by atoms with van der Waals surface area (Å²) in [5, 5.41) is 6.28. The van der Waals surface area contributed by atoms with Crippen LogP contribution in [0.25, 0.3) is 0 Å². The van der Waals surface area contributed by atoms with Gasteiger partial charge in [0.25, 0.3) is 0 Å². The number of carbonyl (C=O) groups is 1. The Morgan fingerprint density at radius 1 is 1.39 bits per heavy atom. The van der Waals surface area contributed by atoms with Crippen molar-refractivity contribution in [2.45, 2.75) is 25.4 Å². The van der Waals surface area contributed by atoms with Crippen LogP contribution in [0.5, 0.6) is 11.5 Å². The first-order chi connectivity index (χ1) is 10.6. The molecule has 1 heterocycles. The normalized spacial score (nSPS) is 18.5. The van der Waals surface area contributed by atoms with Crippen molar-refractivity contribution in [3.05, 3.63) is 23.8 Å². The number of hydrogen-bond donors (Lipinski definition) is 2. The van der Waals surface area contributed by atoms with Crippen LogP contribution >= 0.6 is 12.4 Å². The minimum absolute atomic E-state index is 0. The number of nitrogens with one attached hydrogen (secondary N) is 2. The molecular formula is C16H25ClN2O4. The number of carbonyl (C=O) groups excluding carboxylic acids is 1. The number of halogens is 1. The zero-order chi connectivity index (χ0) is 15.9. The average molecular weight is 345 g/mol. The summed E-state index contributed by atoms with van der Waals surface area (Å²) < 4.78 is 15.9. The molecule has 2 unspecified atom stereocenters. The van der Waals surface area contributed by atoms with Gasteiger partial charge in [0.05, 0.1) is 33.5 Å². The first-order valence-electron chi connectivity index (χ1n) is 7.46. The maximum atomic E-state index is 12.1.